The van der Waals surface area contributed by atoms with E-state index in [9.17, 15) is 19.5 Å². The van der Waals surface area contributed by atoms with Crippen LogP contribution in [0.1, 0.15) is 28.8 Å². The fraction of sp³-hybridized carbons (Fsp3) is 0.158. The summed E-state index contributed by atoms with van der Waals surface area (Å²) >= 11 is 0. The molecule has 0 spiro atoms. The highest BCUT2D eigenvalue weighted by Crippen LogP contribution is 2.17. The number of carbonyl (C=O) groups is 3. The van der Waals surface area contributed by atoms with Gasteiger partial charge in [-0.3, -0.25) is 14.6 Å². The molecule has 0 saturated carbocycles. The van der Waals surface area contributed by atoms with Gasteiger partial charge in [-0.15, -0.1) is 0 Å². The number of aromatic hydroxyl groups is 1. The lowest BCUT2D eigenvalue weighted by atomic mass is 10.1. The Morgan fingerprint density at radius 3 is 2.30 bits per heavy atom. The van der Waals surface area contributed by atoms with Crippen LogP contribution >= 0.6 is 0 Å². The smallest absolute Gasteiger partial charge is 0.326 e. The number of aliphatic imine (C=N–C) groups is 1. The Hall–Kier alpha value is -3.68. The molecule has 0 radical (unpaired) electrons. The molecule has 8 heteroatoms. The molecule has 8 nitrogen and oxygen atoms in total. The summed E-state index contributed by atoms with van der Waals surface area (Å²) in [5.74, 6) is -2.96. The molecule has 1 amide bonds. The molecule has 0 saturated heterocycles. The van der Waals surface area contributed by atoms with Crippen LogP contribution in [-0.2, 0) is 9.59 Å². The maximum atomic E-state index is 12.1. The standard InChI is InChI=1S/C19H18N2O6/c22-16-4-2-1-3-13(16)11-20-14-7-5-12(6-8-14)18(25)21-15(19(26)27)9-10-17(23)24/h1-8,11,15,22H,9-10H2,(H,21,25)(H,23,24)(H,26,27)/t15-/m0/s1. The number of carbonyl (C=O) groups excluding carboxylic acids is 1. The SMILES string of the molecule is O=C(O)CC[C@H](NC(=O)c1ccc(N=Cc2ccccc2O)cc1)C(=O)O. The Labute approximate surface area is 154 Å². The quantitative estimate of drug-likeness (QED) is 0.526. The van der Waals surface area contributed by atoms with Crippen molar-refractivity contribution in [2.75, 3.05) is 0 Å². The van der Waals surface area contributed by atoms with Gasteiger partial charge in [-0.2, -0.15) is 0 Å². The molecule has 0 heterocycles. The molecule has 0 aromatic heterocycles. The molecule has 0 fully saturated rings. The number of phenols is 1. The summed E-state index contributed by atoms with van der Waals surface area (Å²) in [5.41, 5.74) is 1.30. The van der Waals surface area contributed by atoms with Crippen molar-refractivity contribution in [2.24, 2.45) is 4.99 Å². The van der Waals surface area contributed by atoms with Crippen LogP contribution in [0.25, 0.3) is 0 Å². The second-order valence-corrected chi connectivity index (χ2v) is 5.66. The first-order valence-electron chi connectivity index (χ1n) is 8.04. The molecule has 2 aromatic rings. The van der Waals surface area contributed by atoms with E-state index >= 15 is 0 Å². The van der Waals surface area contributed by atoms with Crippen LogP contribution < -0.4 is 5.32 Å². The van der Waals surface area contributed by atoms with Crippen molar-refractivity contribution in [3.8, 4) is 5.75 Å². The van der Waals surface area contributed by atoms with E-state index in [-0.39, 0.29) is 24.2 Å². The summed E-state index contributed by atoms with van der Waals surface area (Å²) < 4.78 is 0. The zero-order valence-corrected chi connectivity index (χ0v) is 14.2. The van der Waals surface area contributed by atoms with Crippen molar-refractivity contribution in [3.05, 3.63) is 59.7 Å². The van der Waals surface area contributed by atoms with Gasteiger partial charge >= 0.3 is 11.9 Å². The predicted molar refractivity (Wildman–Crippen MR) is 97.6 cm³/mol. The number of rotatable bonds is 8. The van der Waals surface area contributed by atoms with E-state index < -0.39 is 23.9 Å². The van der Waals surface area contributed by atoms with Gasteiger partial charge in [-0.05, 0) is 42.8 Å². The molecule has 4 N–H and O–H groups in total. The number of para-hydroxylation sites is 1. The van der Waals surface area contributed by atoms with Crippen molar-refractivity contribution in [1.29, 1.82) is 0 Å². The van der Waals surface area contributed by atoms with E-state index in [1.165, 1.54) is 24.4 Å². The number of phenolic OH excluding ortho intramolecular Hbond substituents is 1. The Morgan fingerprint density at radius 2 is 1.70 bits per heavy atom. The number of benzene rings is 2. The first-order chi connectivity index (χ1) is 12.9. The molecule has 1 atom stereocenters. The number of hydrogen-bond donors (Lipinski definition) is 4. The van der Waals surface area contributed by atoms with Crippen LogP contribution in [0, 0.1) is 0 Å². The Bertz CT molecular complexity index is 861. The van der Waals surface area contributed by atoms with Gasteiger partial charge in [0.1, 0.15) is 11.8 Å². The zero-order valence-electron chi connectivity index (χ0n) is 14.2. The van der Waals surface area contributed by atoms with Gasteiger partial charge in [-0.25, -0.2) is 4.79 Å². The number of amides is 1. The van der Waals surface area contributed by atoms with Crippen molar-refractivity contribution in [1.82, 2.24) is 5.32 Å². The number of carboxylic acid groups (broad SMARTS) is 2. The molecule has 0 aliphatic carbocycles. The van der Waals surface area contributed by atoms with Crippen LogP contribution in [0.2, 0.25) is 0 Å². The van der Waals surface area contributed by atoms with Gasteiger partial charge in [0.05, 0.1) is 5.69 Å². The summed E-state index contributed by atoms with van der Waals surface area (Å²) in [4.78, 5) is 38.0. The minimum absolute atomic E-state index is 0.0957. The van der Waals surface area contributed by atoms with Gasteiger partial charge < -0.3 is 20.6 Å². The lowest BCUT2D eigenvalue weighted by Crippen LogP contribution is -2.41. The van der Waals surface area contributed by atoms with Crippen LogP contribution in [0.4, 0.5) is 5.69 Å². The molecule has 0 aliphatic heterocycles. The summed E-state index contributed by atoms with van der Waals surface area (Å²) in [7, 11) is 0. The number of nitrogens with one attached hydrogen (secondary N) is 1. The number of carboxylic acids is 2. The molecule has 0 unspecified atom stereocenters. The second kappa shape index (κ2) is 9.14. The fourth-order valence-electron chi connectivity index (χ4n) is 2.21. The van der Waals surface area contributed by atoms with Gasteiger partial charge in [0, 0.05) is 23.8 Å². The third-order valence-electron chi connectivity index (χ3n) is 3.67. The van der Waals surface area contributed by atoms with Gasteiger partial charge in [0.2, 0.25) is 0 Å². The summed E-state index contributed by atoms with van der Waals surface area (Å²) in [6.45, 7) is 0. The molecule has 27 heavy (non-hydrogen) atoms. The maximum Gasteiger partial charge on any atom is 0.326 e. The average molecular weight is 370 g/mol. The Kier molecular flexibility index (Phi) is 6.65. The minimum atomic E-state index is -1.30. The first-order valence-corrected chi connectivity index (χ1v) is 8.04. The van der Waals surface area contributed by atoms with E-state index in [0.717, 1.165) is 0 Å². The van der Waals surface area contributed by atoms with E-state index in [0.29, 0.717) is 11.3 Å². The maximum absolute atomic E-state index is 12.1. The van der Waals surface area contributed by atoms with E-state index in [2.05, 4.69) is 10.3 Å². The molecule has 0 bridgehead atoms. The monoisotopic (exact) mass is 370 g/mol. The minimum Gasteiger partial charge on any atom is -0.507 e. The lowest BCUT2D eigenvalue weighted by molar-refractivity contribution is -0.140. The predicted octanol–water partition coefficient (Wildman–Crippen LogP) is 2.19. The largest absolute Gasteiger partial charge is 0.507 e. The summed E-state index contributed by atoms with van der Waals surface area (Å²) in [5, 5.41) is 29.7. The molecule has 140 valence electrons. The van der Waals surface area contributed by atoms with Crippen molar-refractivity contribution >= 4 is 29.7 Å². The summed E-state index contributed by atoms with van der Waals surface area (Å²) in [6, 6.07) is 11.5. The molecule has 2 aromatic carbocycles. The molecule has 2 rings (SSSR count). The third-order valence-corrected chi connectivity index (χ3v) is 3.67. The van der Waals surface area contributed by atoms with Crippen molar-refractivity contribution in [2.45, 2.75) is 18.9 Å². The van der Waals surface area contributed by atoms with Crippen molar-refractivity contribution in [3.63, 3.8) is 0 Å². The van der Waals surface area contributed by atoms with Gasteiger partial charge in [0.15, 0.2) is 0 Å². The zero-order chi connectivity index (χ0) is 19.8. The van der Waals surface area contributed by atoms with Crippen molar-refractivity contribution < 1.29 is 29.7 Å². The van der Waals surface area contributed by atoms with Gasteiger partial charge in [-0.1, -0.05) is 12.1 Å². The third kappa shape index (κ3) is 5.96. The molecular weight excluding hydrogens is 352 g/mol. The van der Waals surface area contributed by atoms with Gasteiger partial charge in [0.25, 0.3) is 5.91 Å². The highest BCUT2D eigenvalue weighted by molar-refractivity contribution is 5.97. The summed E-state index contributed by atoms with van der Waals surface area (Å²) in [6.07, 6.45) is 0.910. The molecular formula is C19H18N2O6. The number of aliphatic carboxylic acids is 2. The van der Waals surface area contributed by atoms with Crippen LogP contribution in [0.15, 0.2) is 53.5 Å². The van der Waals surface area contributed by atoms with Crippen LogP contribution in [-0.4, -0.2) is 45.4 Å². The van der Waals surface area contributed by atoms with E-state index in [4.69, 9.17) is 10.2 Å². The fourth-order valence-corrected chi connectivity index (χ4v) is 2.21. The lowest BCUT2D eigenvalue weighted by Gasteiger charge is -2.13. The number of hydrogen-bond acceptors (Lipinski definition) is 5. The normalized spacial score (nSPS) is 11.9. The van der Waals surface area contributed by atoms with Crippen LogP contribution in [0.5, 0.6) is 5.75 Å². The van der Waals surface area contributed by atoms with E-state index in [1.807, 2.05) is 0 Å². The topological polar surface area (TPSA) is 136 Å². The van der Waals surface area contributed by atoms with Crippen LogP contribution in [0.3, 0.4) is 0 Å². The Balaban J connectivity index is 2.03. The average Bonchev–Trinajstić information content (AvgIpc) is 2.64. The highest BCUT2D eigenvalue weighted by Gasteiger charge is 2.21. The molecule has 0 aliphatic rings. The first kappa shape index (κ1) is 19.6. The Morgan fingerprint density at radius 1 is 1.04 bits per heavy atom. The second-order valence-electron chi connectivity index (χ2n) is 5.66. The number of nitrogens with zero attached hydrogens (tertiary/aromatic N) is 1. The highest BCUT2D eigenvalue weighted by atomic mass is 16.4. The van der Waals surface area contributed by atoms with E-state index in [1.54, 1.807) is 30.3 Å².